The van der Waals surface area contributed by atoms with Crippen molar-refractivity contribution in [3.05, 3.63) is 78.9 Å². The van der Waals surface area contributed by atoms with E-state index in [4.69, 9.17) is 0 Å². The zero-order chi connectivity index (χ0) is 24.8. The molecule has 2 unspecified atom stereocenters. The molecule has 0 aliphatic carbocycles. The molecule has 180 valence electrons. The Balaban J connectivity index is 1.32. The van der Waals surface area contributed by atoms with Gasteiger partial charge in [-0.25, -0.2) is 4.52 Å². The Morgan fingerprint density at radius 3 is 2.50 bits per heavy atom. The molecule has 2 atom stereocenters. The van der Waals surface area contributed by atoms with E-state index in [9.17, 15) is 10.1 Å². The summed E-state index contributed by atoms with van der Waals surface area (Å²) in [6.45, 7) is 3.51. The number of anilines is 2. The predicted octanol–water partition coefficient (Wildman–Crippen LogP) is 4.65. The quantitative estimate of drug-likeness (QED) is 0.423. The van der Waals surface area contributed by atoms with Crippen LogP contribution in [0.4, 0.5) is 11.4 Å². The molecule has 8 nitrogen and oxygen atoms in total. The van der Waals surface area contributed by atoms with Crippen molar-refractivity contribution in [1.82, 2.24) is 19.4 Å². The molecule has 6 rings (SSSR count). The summed E-state index contributed by atoms with van der Waals surface area (Å²) in [6, 6.07) is 13.5. The van der Waals surface area contributed by atoms with Crippen LogP contribution in [0, 0.1) is 11.3 Å². The molecule has 1 aromatic carbocycles. The van der Waals surface area contributed by atoms with Crippen molar-refractivity contribution in [2.24, 2.45) is 7.05 Å². The molecule has 1 N–H and O–H groups in total. The molecule has 1 amide bonds. The highest BCUT2D eigenvalue weighted by Crippen LogP contribution is 2.47. The molecule has 2 aliphatic rings. The highest BCUT2D eigenvalue weighted by atomic mass is 16.1. The Morgan fingerprint density at radius 1 is 1.11 bits per heavy atom. The van der Waals surface area contributed by atoms with Gasteiger partial charge in [0.1, 0.15) is 6.07 Å². The number of carbonyl (C=O) groups excluding carboxylic acids is 1. The fourth-order valence-corrected chi connectivity index (χ4v) is 6.04. The number of fused-ring (bicyclic) bond motifs is 3. The van der Waals surface area contributed by atoms with Crippen LogP contribution in [0.5, 0.6) is 0 Å². The van der Waals surface area contributed by atoms with Gasteiger partial charge < -0.3 is 10.2 Å². The third-order valence-electron chi connectivity index (χ3n) is 7.59. The number of nitrogens with zero attached hydrogens (tertiary/aromatic N) is 6. The maximum absolute atomic E-state index is 11.6. The van der Waals surface area contributed by atoms with Gasteiger partial charge in [-0.05, 0) is 73.6 Å². The van der Waals surface area contributed by atoms with Gasteiger partial charge in [-0.15, -0.1) is 0 Å². The Bertz CT molecular complexity index is 1490. The molecular weight excluding hydrogens is 450 g/mol. The number of aromatic nitrogens is 4. The summed E-state index contributed by atoms with van der Waals surface area (Å²) in [5.41, 5.74) is 6.80. The van der Waals surface area contributed by atoms with Gasteiger partial charge in [0.25, 0.3) is 0 Å². The van der Waals surface area contributed by atoms with Crippen LogP contribution in [0.2, 0.25) is 0 Å². The number of rotatable bonds is 5. The van der Waals surface area contributed by atoms with E-state index in [-0.39, 0.29) is 5.91 Å². The first-order valence-corrected chi connectivity index (χ1v) is 12.3. The average Bonchev–Trinajstić information content (AvgIpc) is 3.59. The van der Waals surface area contributed by atoms with Crippen molar-refractivity contribution < 1.29 is 4.79 Å². The van der Waals surface area contributed by atoms with Crippen molar-refractivity contribution in [3.63, 3.8) is 0 Å². The molecule has 5 heterocycles. The lowest BCUT2D eigenvalue weighted by Crippen LogP contribution is -2.42. The van der Waals surface area contributed by atoms with E-state index in [0.717, 1.165) is 48.0 Å². The number of amides is 1. The van der Waals surface area contributed by atoms with Crippen molar-refractivity contribution in [2.45, 2.75) is 43.7 Å². The Labute approximate surface area is 209 Å². The zero-order valence-electron chi connectivity index (χ0n) is 20.1. The summed E-state index contributed by atoms with van der Waals surface area (Å²) in [4.78, 5) is 14.2. The van der Waals surface area contributed by atoms with Crippen molar-refractivity contribution in [1.29, 1.82) is 5.26 Å². The number of aryl methyl sites for hydroxylation is 1. The monoisotopic (exact) mass is 477 g/mol. The second kappa shape index (κ2) is 8.68. The summed E-state index contributed by atoms with van der Waals surface area (Å²) in [7, 11) is 1.91. The van der Waals surface area contributed by atoms with Crippen LogP contribution >= 0.6 is 0 Å². The SMILES string of the molecule is C=CC(=O)Nc1ccc(N2C3CCC2CC(c2cc(-c4cnn(C)c4)cn4ncc(C#N)c24)C3)cc1. The van der Waals surface area contributed by atoms with Gasteiger partial charge in [0.05, 0.1) is 23.5 Å². The molecule has 0 radical (unpaired) electrons. The molecular formula is C28H27N7O. The van der Waals surface area contributed by atoms with E-state index in [1.54, 1.807) is 10.9 Å². The maximum atomic E-state index is 11.6. The van der Waals surface area contributed by atoms with Gasteiger partial charge in [-0.1, -0.05) is 6.58 Å². The van der Waals surface area contributed by atoms with Crippen LogP contribution in [-0.4, -0.2) is 37.4 Å². The van der Waals surface area contributed by atoms with E-state index in [1.807, 2.05) is 42.3 Å². The van der Waals surface area contributed by atoms with Crippen LogP contribution < -0.4 is 10.2 Å². The molecule has 4 aromatic rings. The van der Waals surface area contributed by atoms with E-state index in [1.165, 1.54) is 17.3 Å². The molecule has 0 saturated carbocycles. The number of nitriles is 1. The van der Waals surface area contributed by atoms with Gasteiger partial charge in [-0.3, -0.25) is 9.48 Å². The maximum Gasteiger partial charge on any atom is 0.247 e. The molecule has 0 spiro atoms. The highest BCUT2D eigenvalue weighted by molar-refractivity contribution is 5.98. The fourth-order valence-electron chi connectivity index (χ4n) is 6.04. The number of pyridine rings is 1. The van der Waals surface area contributed by atoms with Crippen LogP contribution in [0.1, 0.15) is 42.7 Å². The number of carbonyl (C=O) groups is 1. The van der Waals surface area contributed by atoms with Crippen molar-refractivity contribution >= 4 is 22.8 Å². The third-order valence-corrected chi connectivity index (χ3v) is 7.59. The third kappa shape index (κ3) is 3.73. The standard InChI is InChI=1S/C28H27N7O/c1-3-27(36)32-22-4-6-23(7-5-22)35-24-8-9-25(35)11-18(10-24)26-12-19(21-15-30-33(2)16-21)17-34-28(26)20(13-29)14-31-34/h3-7,12,14-18,24-25H,1,8-11H2,2H3,(H,32,36). The van der Waals surface area contributed by atoms with Crippen LogP contribution in [0.25, 0.3) is 16.6 Å². The Kier molecular flexibility index (Phi) is 5.33. The lowest BCUT2D eigenvalue weighted by molar-refractivity contribution is -0.111. The predicted molar refractivity (Wildman–Crippen MR) is 139 cm³/mol. The number of hydrogen-bond acceptors (Lipinski definition) is 5. The van der Waals surface area contributed by atoms with E-state index >= 15 is 0 Å². The lowest BCUT2D eigenvalue weighted by atomic mass is 9.83. The topological polar surface area (TPSA) is 91.2 Å². The molecule has 2 bridgehead atoms. The first-order valence-electron chi connectivity index (χ1n) is 12.3. The molecule has 36 heavy (non-hydrogen) atoms. The van der Waals surface area contributed by atoms with Crippen molar-refractivity contribution in [2.75, 3.05) is 10.2 Å². The lowest BCUT2D eigenvalue weighted by Gasteiger charge is -2.41. The summed E-state index contributed by atoms with van der Waals surface area (Å²) in [5.74, 6) is 0.132. The largest absolute Gasteiger partial charge is 0.366 e. The van der Waals surface area contributed by atoms with E-state index < -0.39 is 0 Å². The number of nitrogens with one attached hydrogen (secondary N) is 1. The van der Waals surface area contributed by atoms with Gasteiger partial charge in [0, 0.05) is 54.0 Å². The second-order valence-electron chi connectivity index (χ2n) is 9.75. The van der Waals surface area contributed by atoms with Gasteiger partial charge >= 0.3 is 0 Å². The smallest absolute Gasteiger partial charge is 0.247 e. The Morgan fingerprint density at radius 2 is 1.86 bits per heavy atom. The van der Waals surface area contributed by atoms with Crippen LogP contribution in [0.15, 0.2) is 67.8 Å². The first-order chi connectivity index (χ1) is 17.5. The average molecular weight is 478 g/mol. The highest BCUT2D eigenvalue weighted by Gasteiger charge is 2.42. The molecule has 3 aromatic heterocycles. The minimum atomic E-state index is -0.208. The summed E-state index contributed by atoms with van der Waals surface area (Å²) in [5, 5.41) is 21.4. The normalized spacial score (nSPS) is 20.9. The van der Waals surface area contributed by atoms with E-state index in [2.05, 4.69) is 51.3 Å². The molecule has 2 saturated heterocycles. The Hall–Kier alpha value is -4.38. The van der Waals surface area contributed by atoms with Crippen LogP contribution in [0.3, 0.4) is 0 Å². The zero-order valence-corrected chi connectivity index (χ0v) is 20.1. The second-order valence-corrected chi connectivity index (χ2v) is 9.75. The minimum Gasteiger partial charge on any atom is -0.366 e. The first kappa shape index (κ1) is 22.1. The number of benzene rings is 1. The number of hydrogen-bond donors (Lipinski definition) is 1. The van der Waals surface area contributed by atoms with Gasteiger partial charge in [-0.2, -0.15) is 15.5 Å². The summed E-state index contributed by atoms with van der Waals surface area (Å²) < 4.78 is 3.66. The molecule has 8 heteroatoms. The fraction of sp³-hybridized carbons (Fsp3) is 0.286. The number of piperidine rings is 1. The molecule has 2 aliphatic heterocycles. The van der Waals surface area contributed by atoms with Crippen molar-refractivity contribution in [3.8, 4) is 17.2 Å². The molecule has 2 fully saturated rings. The van der Waals surface area contributed by atoms with Crippen LogP contribution in [-0.2, 0) is 11.8 Å². The van der Waals surface area contributed by atoms with Gasteiger partial charge in [0.15, 0.2) is 0 Å². The minimum absolute atomic E-state index is 0.208. The van der Waals surface area contributed by atoms with E-state index in [0.29, 0.717) is 23.6 Å². The van der Waals surface area contributed by atoms with Gasteiger partial charge in [0.2, 0.25) is 5.91 Å². The summed E-state index contributed by atoms with van der Waals surface area (Å²) >= 11 is 0. The summed E-state index contributed by atoms with van der Waals surface area (Å²) in [6.07, 6.45) is 13.2.